The molecular weight excluding hydrogens is 372 g/mol. The third-order valence-corrected chi connectivity index (χ3v) is 5.93. The molecule has 2 N–H and O–H groups in total. The third kappa shape index (κ3) is 3.69. The van der Waals surface area contributed by atoms with Gasteiger partial charge in [0.25, 0.3) is 5.91 Å². The highest BCUT2D eigenvalue weighted by Gasteiger charge is 2.23. The number of hydrogen-bond acceptors (Lipinski definition) is 3. The second-order valence-electron chi connectivity index (χ2n) is 6.90. The van der Waals surface area contributed by atoms with E-state index in [2.05, 4.69) is 0 Å². The molecule has 1 amide bonds. The molecular formula is C22H20N2O3S. The van der Waals surface area contributed by atoms with Gasteiger partial charge in [-0.05, 0) is 52.9 Å². The first kappa shape index (κ1) is 18.4. The number of hydrogen-bond donors (Lipinski definition) is 1. The molecule has 4 rings (SSSR count). The molecule has 5 nitrogen and oxygen atoms in total. The maximum absolute atomic E-state index is 13.1. The predicted octanol–water partition coefficient (Wildman–Crippen LogP) is 3.20. The molecule has 3 aromatic carbocycles. The first-order chi connectivity index (χ1) is 13.4. The summed E-state index contributed by atoms with van der Waals surface area (Å²) in [5.41, 5.74) is 4.53. The summed E-state index contributed by atoms with van der Waals surface area (Å²) in [6.07, 6.45) is 0.685. The van der Waals surface area contributed by atoms with Crippen LogP contribution in [0, 0.1) is 0 Å². The van der Waals surface area contributed by atoms with E-state index in [1.54, 1.807) is 17.0 Å². The molecule has 28 heavy (non-hydrogen) atoms. The van der Waals surface area contributed by atoms with Crippen molar-refractivity contribution in [1.82, 2.24) is 4.90 Å². The summed E-state index contributed by atoms with van der Waals surface area (Å²) >= 11 is 0. The highest BCUT2D eigenvalue weighted by molar-refractivity contribution is 7.89. The smallest absolute Gasteiger partial charge is 0.254 e. The van der Waals surface area contributed by atoms with Crippen LogP contribution in [0.25, 0.3) is 11.1 Å². The Morgan fingerprint density at radius 3 is 2.36 bits per heavy atom. The molecule has 0 unspecified atom stereocenters. The maximum atomic E-state index is 13.1. The summed E-state index contributed by atoms with van der Waals surface area (Å²) in [5.74, 6) is -0.0653. The van der Waals surface area contributed by atoms with Crippen LogP contribution in [0.4, 0.5) is 0 Å². The van der Waals surface area contributed by atoms with Crippen molar-refractivity contribution in [1.29, 1.82) is 0 Å². The zero-order valence-corrected chi connectivity index (χ0v) is 16.0. The molecule has 0 bridgehead atoms. The zero-order chi connectivity index (χ0) is 19.7. The lowest BCUT2D eigenvalue weighted by Crippen LogP contribution is -2.36. The van der Waals surface area contributed by atoms with Crippen molar-refractivity contribution < 1.29 is 13.2 Å². The molecule has 0 radical (unpaired) electrons. The summed E-state index contributed by atoms with van der Waals surface area (Å²) in [7, 11) is -3.77. The molecule has 1 aliphatic rings. The van der Waals surface area contributed by atoms with E-state index in [-0.39, 0.29) is 10.8 Å². The van der Waals surface area contributed by atoms with E-state index >= 15 is 0 Å². The van der Waals surface area contributed by atoms with Crippen molar-refractivity contribution in [2.24, 2.45) is 5.14 Å². The largest absolute Gasteiger partial charge is 0.334 e. The van der Waals surface area contributed by atoms with Crippen LogP contribution in [0.2, 0.25) is 0 Å². The molecule has 0 spiro atoms. The van der Waals surface area contributed by atoms with E-state index in [4.69, 9.17) is 5.14 Å². The average molecular weight is 392 g/mol. The van der Waals surface area contributed by atoms with Crippen LogP contribution in [-0.4, -0.2) is 25.8 Å². The molecule has 0 atom stereocenters. The second kappa shape index (κ2) is 7.22. The molecule has 0 fully saturated rings. The molecule has 3 aromatic rings. The number of carbonyl (C=O) groups is 1. The standard InChI is InChI=1S/C22H20N2O3S/c23-28(26,27)21-10-9-17-11-12-24(15-20(17)14-21)22(25)19-8-4-7-18(13-19)16-5-2-1-3-6-16/h1-10,13-14H,11-12,15H2,(H2,23,26,27). The minimum absolute atomic E-state index is 0.0653. The number of benzene rings is 3. The number of nitrogens with zero attached hydrogens (tertiary/aromatic N) is 1. The van der Waals surface area contributed by atoms with Crippen LogP contribution in [0.3, 0.4) is 0 Å². The first-order valence-corrected chi connectivity index (χ1v) is 10.6. The Hall–Kier alpha value is -2.96. The van der Waals surface area contributed by atoms with Crippen LogP contribution in [0.1, 0.15) is 21.5 Å². The van der Waals surface area contributed by atoms with E-state index in [0.717, 1.165) is 22.3 Å². The van der Waals surface area contributed by atoms with Gasteiger partial charge in [0.2, 0.25) is 10.0 Å². The maximum Gasteiger partial charge on any atom is 0.254 e. The fraction of sp³-hybridized carbons (Fsp3) is 0.136. The number of nitrogens with two attached hydrogens (primary N) is 1. The van der Waals surface area contributed by atoms with Gasteiger partial charge in [-0.1, -0.05) is 48.5 Å². The molecule has 0 aliphatic carbocycles. The number of carbonyl (C=O) groups excluding carboxylic acids is 1. The molecule has 0 aromatic heterocycles. The first-order valence-electron chi connectivity index (χ1n) is 9.01. The molecule has 1 heterocycles. The number of rotatable bonds is 3. The minimum Gasteiger partial charge on any atom is -0.334 e. The fourth-order valence-corrected chi connectivity index (χ4v) is 4.09. The van der Waals surface area contributed by atoms with Gasteiger partial charge in [0.15, 0.2) is 0 Å². The summed E-state index contributed by atoms with van der Waals surface area (Å²) in [4.78, 5) is 14.9. The van der Waals surface area contributed by atoms with Gasteiger partial charge in [-0.3, -0.25) is 4.79 Å². The van der Waals surface area contributed by atoms with Crippen molar-refractivity contribution in [2.75, 3.05) is 6.54 Å². The van der Waals surface area contributed by atoms with Gasteiger partial charge >= 0.3 is 0 Å². The quantitative estimate of drug-likeness (QED) is 0.743. The summed E-state index contributed by atoms with van der Waals surface area (Å²) < 4.78 is 23.2. The monoisotopic (exact) mass is 392 g/mol. The third-order valence-electron chi connectivity index (χ3n) is 5.02. The molecule has 6 heteroatoms. The zero-order valence-electron chi connectivity index (χ0n) is 15.2. The van der Waals surface area contributed by atoms with Gasteiger partial charge in [0.1, 0.15) is 0 Å². The predicted molar refractivity (Wildman–Crippen MR) is 108 cm³/mol. The summed E-state index contributed by atoms with van der Waals surface area (Å²) in [6.45, 7) is 0.962. The van der Waals surface area contributed by atoms with Gasteiger partial charge in [0.05, 0.1) is 4.90 Å². The Labute approximate surface area is 164 Å². The average Bonchev–Trinajstić information content (AvgIpc) is 2.72. The van der Waals surface area contributed by atoms with Crippen LogP contribution in [-0.2, 0) is 23.0 Å². The fourth-order valence-electron chi connectivity index (χ4n) is 3.53. The lowest BCUT2D eigenvalue weighted by molar-refractivity contribution is 0.0734. The van der Waals surface area contributed by atoms with E-state index in [0.29, 0.717) is 25.1 Å². The van der Waals surface area contributed by atoms with E-state index in [9.17, 15) is 13.2 Å². The van der Waals surface area contributed by atoms with Crippen molar-refractivity contribution in [3.8, 4) is 11.1 Å². The highest BCUT2D eigenvalue weighted by Crippen LogP contribution is 2.25. The van der Waals surface area contributed by atoms with Gasteiger partial charge in [-0.15, -0.1) is 0 Å². The van der Waals surface area contributed by atoms with E-state index in [1.807, 2.05) is 54.6 Å². The highest BCUT2D eigenvalue weighted by atomic mass is 32.2. The van der Waals surface area contributed by atoms with Crippen LogP contribution >= 0.6 is 0 Å². The minimum atomic E-state index is -3.77. The van der Waals surface area contributed by atoms with Crippen molar-refractivity contribution in [2.45, 2.75) is 17.9 Å². The Kier molecular flexibility index (Phi) is 4.75. The van der Waals surface area contributed by atoms with Crippen molar-refractivity contribution >= 4 is 15.9 Å². The number of fused-ring (bicyclic) bond motifs is 1. The van der Waals surface area contributed by atoms with Crippen molar-refractivity contribution in [3.63, 3.8) is 0 Å². The second-order valence-corrected chi connectivity index (χ2v) is 8.46. The molecule has 0 saturated carbocycles. The molecule has 142 valence electrons. The molecule has 1 aliphatic heterocycles. The van der Waals surface area contributed by atoms with Crippen LogP contribution in [0.5, 0.6) is 0 Å². The van der Waals surface area contributed by atoms with E-state index in [1.165, 1.54) is 6.07 Å². The Morgan fingerprint density at radius 2 is 1.61 bits per heavy atom. The van der Waals surface area contributed by atoms with Crippen LogP contribution < -0.4 is 5.14 Å². The normalized spacial score (nSPS) is 13.8. The molecule has 0 saturated heterocycles. The lowest BCUT2D eigenvalue weighted by Gasteiger charge is -2.29. The summed E-state index contributed by atoms with van der Waals surface area (Å²) in [5, 5.41) is 5.24. The number of amides is 1. The summed E-state index contributed by atoms with van der Waals surface area (Å²) in [6, 6.07) is 22.4. The van der Waals surface area contributed by atoms with E-state index < -0.39 is 10.0 Å². The number of primary sulfonamides is 1. The lowest BCUT2D eigenvalue weighted by atomic mass is 9.98. The van der Waals surface area contributed by atoms with Crippen LogP contribution in [0.15, 0.2) is 77.7 Å². The Balaban J connectivity index is 1.60. The topological polar surface area (TPSA) is 80.5 Å². The number of sulfonamides is 1. The van der Waals surface area contributed by atoms with Gasteiger partial charge in [0, 0.05) is 18.7 Å². The van der Waals surface area contributed by atoms with Gasteiger partial charge in [-0.2, -0.15) is 0 Å². The Bertz CT molecular complexity index is 1140. The Morgan fingerprint density at radius 1 is 0.857 bits per heavy atom. The van der Waals surface area contributed by atoms with Gasteiger partial charge < -0.3 is 4.90 Å². The SMILES string of the molecule is NS(=O)(=O)c1ccc2c(c1)CN(C(=O)c1cccc(-c3ccccc3)c1)CC2. The van der Waals surface area contributed by atoms with Crippen molar-refractivity contribution in [3.05, 3.63) is 89.5 Å². The van der Waals surface area contributed by atoms with Gasteiger partial charge in [-0.25, -0.2) is 13.6 Å².